The van der Waals surface area contributed by atoms with Crippen molar-refractivity contribution in [2.24, 2.45) is 0 Å². The molecule has 0 amide bonds. The van der Waals surface area contributed by atoms with E-state index in [-0.39, 0.29) is 6.04 Å². The quantitative estimate of drug-likeness (QED) is 0.636. The van der Waals surface area contributed by atoms with Crippen LogP contribution in [0, 0.1) is 0 Å². The minimum atomic E-state index is -3.62. The molecule has 1 saturated carbocycles. The predicted octanol–water partition coefficient (Wildman–Crippen LogP) is 3.45. The molecule has 1 fully saturated rings. The van der Waals surface area contributed by atoms with Gasteiger partial charge in [0.25, 0.3) is 0 Å². The van der Waals surface area contributed by atoms with E-state index in [0.29, 0.717) is 23.2 Å². The van der Waals surface area contributed by atoms with Crippen LogP contribution in [0.15, 0.2) is 33.9 Å². The third-order valence-corrected chi connectivity index (χ3v) is 9.11. The van der Waals surface area contributed by atoms with Gasteiger partial charge in [-0.15, -0.1) is 10.2 Å². The fourth-order valence-electron chi connectivity index (χ4n) is 4.36. The van der Waals surface area contributed by atoms with Crippen LogP contribution in [0.5, 0.6) is 0 Å². The number of hydrogen-bond acceptors (Lipinski definition) is 6. The van der Waals surface area contributed by atoms with Crippen LogP contribution in [0.3, 0.4) is 0 Å². The highest BCUT2D eigenvalue weighted by Gasteiger charge is 2.29. The number of hydrogen-bond donors (Lipinski definition) is 1. The first-order valence-electron chi connectivity index (χ1n) is 10.5. The fourth-order valence-corrected chi connectivity index (χ4v) is 7.37. The topological polar surface area (TPSA) is 80.1 Å². The molecule has 30 heavy (non-hydrogen) atoms. The van der Waals surface area contributed by atoms with Crippen molar-refractivity contribution in [1.29, 1.82) is 0 Å². The molecule has 10 heteroatoms. The van der Waals surface area contributed by atoms with Crippen LogP contribution < -0.4 is 9.62 Å². The Morgan fingerprint density at radius 2 is 2.13 bits per heavy atom. The summed E-state index contributed by atoms with van der Waals surface area (Å²) in [4.78, 5) is 2.50. The Bertz CT molecular complexity index is 957. The van der Waals surface area contributed by atoms with E-state index in [0.717, 1.165) is 54.0 Å². The van der Waals surface area contributed by atoms with E-state index in [9.17, 15) is 8.42 Å². The molecule has 1 aliphatic carbocycles. The average Bonchev–Trinajstić information content (AvgIpc) is 3.06. The maximum absolute atomic E-state index is 13.4. The molecular formula is C20H28BrN5O2S2. The van der Waals surface area contributed by atoms with Crippen molar-refractivity contribution < 1.29 is 8.42 Å². The Morgan fingerprint density at radius 1 is 1.27 bits per heavy atom. The molecule has 0 saturated heterocycles. The van der Waals surface area contributed by atoms with Crippen LogP contribution in [-0.2, 0) is 23.0 Å². The summed E-state index contributed by atoms with van der Waals surface area (Å²) in [7, 11) is -3.62. The van der Waals surface area contributed by atoms with Gasteiger partial charge < -0.3 is 9.47 Å². The lowest BCUT2D eigenvalue weighted by Crippen LogP contribution is -2.40. The largest absolute Gasteiger partial charge is 0.368 e. The van der Waals surface area contributed by atoms with E-state index >= 15 is 0 Å². The summed E-state index contributed by atoms with van der Waals surface area (Å²) < 4.78 is 32.7. The average molecular weight is 515 g/mol. The van der Waals surface area contributed by atoms with Crippen molar-refractivity contribution in [1.82, 2.24) is 19.5 Å². The molecular weight excluding hydrogens is 486 g/mol. The lowest BCUT2D eigenvalue weighted by Gasteiger charge is -2.30. The lowest BCUT2D eigenvalue weighted by molar-refractivity contribution is 0.420. The number of aromatic nitrogens is 3. The summed E-state index contributed by atoms with van der Waals surface area (Å²) in [6, 6.07) is 5.44. The molecule has 2 unspecified atom stereocenters. The molecule has 4 rings (SSSR count). The number of nitrogens with zero attached hydrogens (tertiary/aromatic N) is 4. The van der Waals surface area contributed by atoms with Gasteiger partial charge in [0, 0.05) is 41.8 Å². The van der Waals surface area contributed by atoms with Crippen molar-refractivity contribution >= 4 is 43.4 Å². The zero-order valence-electron chi connectivity index (χ0n) is 17.1. The summed E-state index contributed by atoms with van der Waals surface area (Å²) in [6.07, 6.45) is 6.54. The van der Waals surface area contributed by atoms with Gasteiger partial charge in [-0.05, 0) is 43.2 Å². The molecule has 2 heterocycles. The van der Waals surface area contributed by atoms with Crippen LogP contribution in [0.4, 0.5) is 5.69 Å². The van der Waals surface area contributed by atoms with Crippen molar-refractivity contribution in [2.45, 2.75) is 61.8 Å². The van der Waals surface area contributed by atoms with Gasteiger partial charge in [-0.3, -0.25) is 0 Å². The monoisotopic (exact) mass is 513 g/mol. The van der Waals surface area contributed by atoms with Gasteiger partial charge in [0.2, 0.25) is 10.0 Å². The minimum absolute atomic E-state index is 0.00413. The SMILES string of the molecule is CCSC1CCCC(NS(=O)(=O)c2ccc(Br)cc2N2CCc3nncn3CC2)C1. The van der Waals surface area contributed by atoms with Gasteiger partial charge in [-0.2, -0.15) is 11.8 Å². The smallest absolute Gasteiger partial charge is 0.242 e. The van der Waals surface area contributed by atoms with Crippen LogP contribution in [-0.4, -0.2) is 53.3 Å². The second-order valence-corrected chi connectivity index (χ2v) is 12.0. The van der Waals surface area contributed by atoms with Gasteiger partial charge in [0.05, 0.1) is 5.69 Å². The van der Waals surface area contributed by atoms with E-state index < -0.39 is 10.0 Å². The zero-order chi connectivity index (χ0) is 21.1. The molecule has 0 radical (unpaired) electrons. The summed E-state index contributed by atoms with van der Waals surface area (Å²) in [5, 5.41) is 8.70. The maximum atomic E-state index is 13.4. The van der Waals surface area contributed by atoms with Crippen LogP contribution >= 0.6 is 27.7 Å². The third kappa shape index (κ3) is 5.03. The Kier molecular flexibility index (Phi) is 7.06. The number of rotatable bonds is 6. The summed E-state index contributed by atoms with van der Waals surface area (Å²) >= 11 is 5.46. The number of sulfonamides is 1. The second kappa shape index (κ2) is 9.58. The molecule has 2 aliphatic rings. The summed E-state index contributed by atoms with van der Waals surface area (Å²) in [6.45, 7) is 4.31. The molecule has 2 atom stereocenters. The molecule has 1 aromatic carbocycles. The lowest BCUT2D eigenvalue weighted by atomic mass is 9.96. The number of benzene rings is 1. The molecule has 0 bridgehead atoms. The molecule has 1 N–H and O–H groups in total. The molecule has 2 aromatic rings. The van der Waals surface area contributed by atoms with Crippen molar-refractivity contribution in [3.63, 3.8) is 0 Å². The molecule has 7 nitrogen and oxygen atoms in total. The Morgan fingerprint density at radius 3 is 2.97 bits per heavy atom. The zero-order valence-corrected chi connectivity index (χ0v) is 20.3. The van der Waals surface area contributed by atoms with Gasteiger partial charge in [0.1, 0.15) is 17.0 Å². The normalized spacial score (nSPS) is 22.5. The Hall–Kier alpha value is -1.10. The van der Waals surface area contributed by atoms with E-state index in [4.69, 9.17) is 0 Å². The highest BCUT2D eigenvalue weighted by molar-refractivity contribution is 9.10. The second-order valence-electron chi connectivity index (χ2n) is 7.85. The number of thioether (sulfide) groups is 1. The highest BCUT2D eigenvalue weighted by atomic mass is 79.9. The number of halogens is 1. The van der Waals surface area contributed by atoms with Gasteiger partial charge in [0.15, 0.2) is 0 Å². The Labute approximate surface area is 191 Å². The summed E-state index contributed by atoms with van der Waals surface area (Å²) in [5.41, 5.74) is 0.742. The number of fused-ring (bicyclic) bond motifs is 1. The maximum Gasteiger partial charge on any atom is 0.242 e. The van der Waals surface area contributed by atoms with Crippen LogP contribution in [0.25, 0.3) is 0 Å². The first-order chi connectivity index (χ1) is 14.5. The van der Waals surface area contributed by atoms with Gasteiger partial charge in [-0.25, -0.2) is 13.1 Å². The first kappa shape index (κ1) is 22.1. The highest BCUT2D eigenvalue weighted by Crippen LogP contribution is 2.32. The van der Waals surface area contributed by atoms with Gasteiger partial charge >= 0.3 is 0 Å². The fraction of sp³-hybridized carbons (Fsp3) is 0.600. The van der Waals surface area contributed by atoms with Crippen molar-refractivity contribution in [3.8, 4) is 0 Å². The van der Waals surface area contributed by atoms with E-state index in [1.807, 2.05) is 28.5 Å². The molecule has 1 aromatic heterocycles. The molecule has 0 spiro atoms. The molecule has 164 valence electrons. The molecule has 1 aliphatic heterocycles. The third-order valence-electron chi connectivity index (χ3n) is 5.81. The first-order valence-corrected chi connectivity index (χ1v) is 13.8. The predicted molar refractivity (Wildman–Crippen MR) is 125 cm³/mol. The summed E-state index contributed by atoms with van der Waals surface area (Å²) in [5.74, 6) is 2.01. The van der Waals surface area contributed by atoms with E-state index in [1.54, 1.807) is 12.4 Å². The van der Waals surface area contributed by atoms with E-state index in [1.165, 1.54) is 6.42 Å². The van der Waals surface area contributed by atoms with Crippen molar-refractivity contribution in [3.05, 3.63) is 34.8 Å². The minimum Gasteiger partial charge on any atom is -0.368 e. The van der Waals surface area contributed by atoms with Crippen LogP contribution in [0.2, 0.25) is 0 Å². The number of nitrogens with one attached hydrogen (secondary N) is 1. The Balaban J connectivity index is 1.55. The van der Waals surface area contributed by atoms with Crippen LogP contribution in [0.1, 0.15) is 38.4 Å². The number of anilines is 1. The van der Waals surface area contributed by atoms with Gasteiger partial charge in [-0.1, -0.05) is 29.3 Å². The van der Waals surface area contributed by atoms with Crippen molar-refractivity contribution in [2.75, 3.05) is 23.7 Å². The van der Waals surface area contributed by atoms with E-state index in [2.05, 4.69) is 42.7 Å². The standard InChI is InChI=1S/C20H28BrN5O2S2/c1-2-29-17-5-3-4-16(13-17)24-30(27,28)19-7-6-15(21)12-18(19)25-9-8-20-23-22-14-26(20)11-10-25/h6-7,12,14,16-17,24H,2-5,8-11,13H2,1H3.